The lowest BCUT2D eigenvalue weighted by Gasteiger charge is -2.33. The highest BCUT2D eigenvalue weighted by Gasteiger charge is 2.19. The highest BCUT2D eigenvalue weighted by molar-refractivity contribution is 14.0. The van der Waals surface area contributed by atoms with Gasteiger partial charge in [0.15, 0.2) is 17.5 Å². The number of guanidine groups is 1. The van der Waals surface area contributed by atoms with Gasteiger partial charge in [0.25, 0.3) is 0 Å². The fourth-order valence-corrected chi connectivity index (χ4v) is 3.33. The van der Waals surface area contributed by atoms with Gasteiger partial charge in [-0.25, -0.2) is 4.99 Å². The van der Waals surface area contributed by atoms with Crippen molar-refractivity contribution in [2.75, 3.05) is 39.4 Å². The lowest BCUT2D eigenvalue weighted by molar-refractivity contribution is 0.0532. The number of nitrogens with zero attached hydrogens (tertiary/aromatic N) is 2. The van der Waals surface area contributed by atoms with E-state index in [0.29, 0.717) is 31.0 Å². The molecule has 8 heteroatoms. The standard InChI is InChI=1S/C22H38N4O3.HI/c1-5-23-22(24-16-18-7-8-20(27)21(15-18)28-6-2)25-19-9-11-26(12-10-19)13-14-29-17(3)4;/h7-8,15,17,19,27H,5-6,9-14,16H2,1-4H3,(H2,23,24,25);1H. The van der Waals surface area contributed by atoms with E-state index in [4.69, 9.17) is 14.5 Å². The zero-order valence-electron chi connectivity index (χ0n) is 18.8. The second-order valence-electron chi connectivity index (χ2n) is 7.61. The van der Waals surface area contributed by atoms with Crippen LogP contribution < -0.4 is 15.4 Å². The number of benzene rings is 1. The van der Waals surface area contributed by atoms with Gasteiger partial charge >= 0.3 is 0 Å². The van der Waals surface area contributed by atoms with E-state index in [9.17, 15) is 5.11 Å². The molecule has 0 spiro atoms. The van der Waals surface area contributed by atoms with Gasteiger partial charge in [0.1, 0.15) is 0 Å². The van der Waals surface area contributed by atoms with E-state index in [1.54, 1.807) is 6.07 Å². The van der Waals surface area contributed by atoms with Gasteiger partial charge in [-0.1, -0.05) is 6.07 Å². The Morgan fingerprint density at radius 1 is 1.27 bits per heavy atom. The molecule has 30 heavy (non-hydrogen) atoms. The smallest absolute Gasteiger partial charge is 0.191 e. The van der Waals surface area contributed by atoms with Crippen LogP contribution in [0.25, 0.3) is 0 Å². The molecule has 1 heterocycles. The van der Waals surface area contributed by atoms with Crippen molar-refractivity contribution >= 4 is 29.9 Å². The third-order valence-electron chi connectivity index (χ3n) is 4.88. The predicted octanol–water partition coefficient (Wildman–Crippen LogP) is 3.35. The highest BCUT2D eigenvalue weighted by atomic mass is 127. The molecule has 0 bridgehead atoms. The number of piperidine rings is 1. The van der Waals surface area contributed by atoms with E-state index < -0.39 is 0 Å². The average Bonchev–Trinajstić information content (AvgIpc) is 2.70. The first-order chi connectivity index (χ1) is 14.0. The molecule has 0 atom stereocenters. The van der Waals surface area contributed by atoms with Crippen LogP contribution in [0.1, 0.15) is 46.1 Å². The average molecular weight is 534 g/mol. The number of aliphatic imine (C=N–C) groups is 1. The van der Waals surface area contributed by atoms with Crippen LogP contribution >= 0.6 is 24.0 Å². The van der Waals surface area contributed by atoms with E-state index in [1.165, 1.54) is 0 Å². The number of likely N-dealkylation sites (tertiary alicyclic amines) is 1. The normalized spacial score (nSPS) is 15.7. The van der Waals surface area contributed by atoms with Gasteiger partial charge in [-0.2, -0.15) is 0 Å². The topological polar surface area (TPSA) is 78.4 Å². The van der Waals surface area contributed by atoms with Gasteiger partial charge in [0, 0.05) is 32.2 Å². The summed E-state index contributed by atoms with van der Waals surface area (Å²) < 4.78 is 11.1. The largest absolute Gasteiger partial charge is 0.504 e. The van der Waals surface area contributed by atoms with Crippen LogP contribution in [0, 0.1) is 0 Å². The van der Waals surface area contributed by atoms with Gasteiger partial charge < -0.3 is 30.1 Å². The number of phenols is 1. The molecule has 0 radical (unpaired) electrons. The Morgan fingerprint density at radius 3 is 2.63 bits per heavy atom. The Hall–Kier alpha value is -1.26. The molecular weight excluding hydrogens is 495 g/mol. The van der Waals surface area contributed by atoms with E-state index in [2.05, 4.69) is 36.3 Å². The Bertz CT molecular complexity index is 635. The number of hydrogen-bond acceptors (Lipinski definition) is 5. The number of ether oxygens (including phenoxy) is 2. The first-order valence-electron chi connectivity index (χ1n) is 10.8. The predicted molar refractivity (Wildman–Crippen MR) is 133 cm³/mol. The number of hydrogen-bond donors (Lipinski definition) is 3. The van der Waals surface area contributed by atoms with Gasteiger partial charge in [-0.15, -0.1) is 24.0 Å². The Labute approximate surface area is 198 Å². The van der Waals surface area contributed by atoms with Gasteiger partial charge in [0.05, 0.1) is 25.9 Å². The maximum atomic E-state index is 9.85. The fraction of sp³-hybridized carbons (Fsp3) is 0.682. The van der Waals surface area contributed by atoms with Crippen LogP contribution in [0.4, 0.5) is 0 Å². The minimum atomic E-state index is 0. The van der Waals surface area contributed by atoms with Crippen molar-refractivity contribution in [3.05, 3.63) is 23.8 Å². The van der Waals surface area contributed by atoms with Crippen molar-refractivity contribution in [1.29, 1.82) is 0 Å². The summed E-state index contributed by atoms with van der Waals surface area (Å²) in [6.45, 7) is 14.0. The maximum absolute atomic E-state index is 9.85. The second kappa shape index (κ2) is 14.7. The van der Waals surface area contributed by atoms with Crippen LogP contribution in [-0.2, 0) is 11.3 Å². The monoisotopic (exact) mass is 534 g/mol. The molecule has 0 aliphatic carbocycles. The Morgan fingerprint density at radius 2 is 2.00 bits per heavy atom. The molecular formula is C22H39IN4O3. The van der Waals surface area contributed by atoms with Crippen molar-refractivity contribution in [2.45, 2.75) is 59.2 Å². The summed E-state index contributed by atoms with van der Waals surface area (Å²) in [5, 5.41) is 16.8. The van der Waals surface area contributed by atoms with Crippen molar-refractivity contribution < 1.29 is 14.6 Å². The molecule has 1 aromatic carbocycles. The molecule has 0 amide bonds. The molecule has 0 saturated carbocycles. The third-order valence-corrected chi connectivity index (χ3v) is 4.88. The Kier molecular flexibility index (Phi) is 13.1. The molecule has 1 aromatic rings. The summed E-state index contributed by atoms with van der Waals surface area (Å²) in [5.74, 6) is 1.50. The number of aromatic hydroxyl groups is 1. The van der Waals surface area contributed by atoms with E-state index in [-0.39, 0.29) is 29.7 Å². The summed E-state index contributed by atoms with van der Waals surface area (Å²) in [6.07, 6.45) is 2.49. The number of nitrogens with one attached hydrogen (secondary N) is 2. The fourth-order valence-electron chi connectivity index (χ4n) is 3.33. The quantitative estimate of drug-likeness (QED) is 0.243. The van der Waals surface area contributed by atoms with Crippen LogP contribution in [0.2, 0.25) is 0 Å². The van der Waals surface area contributed by atoms with Crippen LogP contribution in [-0.4, -0.2) is 67.5 Å². The van der Waals surface area contributed by atoms with Crippen molar-refractivity contribution in [3.63, 3.8) is 0 Å². The summed E-state index contributed by atoms with van der Waals surface area (Å²) in [6, 6.07) is 5.81. The van der Waals surface area contributed by atoms with Crippen LogP contribution in [0.15, 0.2) is 23.2 Å². The minimum Gasteiger partial charge on any atom is -0.504 e. The molecule has 3 N–H and O–H groups in total. The lowest BCUT2D eigenvalue weighted by atomic mass is 10.1. The number of rotatable bonds is 10. The number of phenolic OH excluding ortho intramolecular Hbond substituents is 1. The molecule has 2 rings (SSSR count). The SMILES string of the molecule is CCNC(=NCc1ccc(O)c(OCC)c1)NC1CCN(CCOC(C)C)CC1.I. The molecule has 7 nitrogen and oxygen atoms in total. The van der Waals surface area contributed by atoms with E-state index in [1.807, 2.05) is 19.1 Å². The van der Waals surface area contributed by atoms with Crippen LogP contribution in [0.3, 0.4) is 0 Å². The molecule has 1 saturated heterocycles. The molecule has 1 aliphatic rings. The first kappa shape index (κ1) is 26.8. The summed E-state index contributed by atoms with van der Waals surface area (Å²) in [7, 11) is 0. The van der Waals surface area contributed by atoms with Crippen molar-refractivity contribution in [3.8, 4) is 11.5 Å². The van der Waals surface area contributed by atoms with Gasteiger partial charge in [-0.3, -0.25) is 0 Å². The second-order valence-corrected chi connectivity index (χ2v) is 7.61. The molecule has 172 valence electrons. The first-order valence-corrected chi connectivity index (χ1v) is 10.8. The third kappa shape index (κ3) is 9.70. The van der Waals surface area contributed by atoms with Gasteiger partial charge in [-0.05, 0) is 58.2 Å². The maximum Gasteiger partial charge on any atom is 0.191 e. The number of halogens is 1. The zero-order chi connectivity index (χ0) is 21.1. The minimum absolute atomic E-state index is 0. The summed E-state index contributed by atoms with van der Waals surface area (Å²) >= 11 is 0. The van der Waals surface area contributed by atoms with E-state index in [0.717, 1.165) is 57.2 Å². The highest BCUT2D eigenvalue weighted by Crippen LogP contribution is 2.27. The van der Waals surface area contributed by atoms with Crippen LogP contribution in [0.5, 0.6) is 11.5 Å². The summed E-state index contributed by atoms with van der Waals surface area (Å²) in [5.41, 5.74) is 1.00. The van der Waals surface area contributed by atoms with Gasteiger partial charge in [0.2, 0.25) is 0 Å². The Balaban J connectivity index is 0.00000450. The molecule has 0 unspecified atom stereocenters. The van der Waals surface area contributed by atoms with E-state index >= 15 is 0 Å². The molecule has 1 aliphatic heterocycles. The summed E-state index contributed by atoms with van der Waals surface area (Å²) in [4.78, 5) is 7.19. The molecule has 1 fully saturated rings. The zero-order valence-corrected chi connectivity index (χ0v) is 21.1. The lowest BCUT2D eigenvalue weighted by Crippen LogP contribution is -2.49. The molecule has 0 aromatic heterocycles. The van der Waals surface area contributed by atoms with Crippen molar-refractivity contribution in [2.24, 2.45) is 4.99 Å². The van der Waals surface area contributed by atoms with Crippen molar-refractivity contribution in [1.82, 2.24) is 15.5 Å².